The highest BCUT2D eigenvalue weighted by Crippen LogP contribution is 2.66. The van der Waals surface area contributed by atoms with Crippen molar-refractivity contribution in [3.8, 4) is 0 Å². The van der Waals surface area contributed by atoms with E-state index in [4.69, 9.17) is 23.4 Å². The molecule has 0 spiro atoms. The largest absolute Gasteiger partial charge is 0.477 e. The third kappa shape index (κ3) is 4.77. The van der Waals surface area contributed by atoms with Crippen LogP contribution in [0.4, 0.5) is 0 Å². The fourth-order valence-electron chi connectivity index (χ4n) is 3.07. The minimum atomic E-state index is -3.84. The predicted molar refractivity (Wildman–Crippen MR) is 92.0 cm³/mol. The van der Waals surface area contributed by atoms with Gasteiger partial charge in [-0.15, -0.1) is 0 Å². The van der Waals surface area contributed by atoms with Crippen molar-refractivity contribution >= 4 is 16.1 Å². The van der Waals surface area contributed by atoms with Gasteiger partial charge in [0.15, 0.2) is 0 Å². The van der Waals surface area contributed by atoms with Gasteiger partial charge in [-0.25, -0.2) is 13.6 Å². The molecule has 24 heavy (non-hydrogen) atoms. The Balaban J connectivity index is 0.000000648. The smallest absolute Gasteiger partial charge is 0.326 e. The molecule has 0 atom stereocenters. The van der Waals surface area contributed by atoms with Crippen molar-refractivity contribution in [2.24, 2.45) is 0 Å². The summed E-state index contributed by atoms with van der Waals surface area (Å²) in [6.45, 7) is 8.27. The molecule has 0 aliphatic carbocycles. The molecule has 3 N–H and O–H groups in total. The molecule has 1 saturated heterocycles. The third-order valence-corrected chi connectivity index (χ3v) is 5.07. The van der Waals surface area contributed by atoms with E-state index in [1.54, 1.807) is 0 Å². The number of hydrogen-bond donors (Lipinski definition) is 3. The highest BCUT2D eigenvalue weighted by Gasteiger charge is 2.56. The molecule has 1 aliphatic rings. The van der Waals surface area contributed by atoms with Gasteiger partial charge in [0.25, 0.3) is 0 Å². The Kier molecular flexibility index (Phi) is 7.82. The SMILES string of the molecule is CCc1ccc(C2(CC)OP(=O)(O)O2)c(CC)c1CC.O=[PH](O)O. The maximum absolute atomic E-state index is 11.4. The Morgan fingerprint density at radius 1 is 1.04 bits per heavy atom. The first-order chi connectivity index (χ1) is 11.2. The summed E-state index contributed by atoms with van der Waals surface area (Å²) < 4.78 is 30.7. The van der Waals surface area contributed by atoms with Crippen molar-refractivity contribution in [3.05, 3.63) is 34.4 Å². The molecular weight excluding hydrogens is 354 g/mol. The van der Waals surface area contributed by atoms with Crippen LogP contribution in [0.3, 0.4) is 0 Å². The topological polar surface area (TPSA) is 113 Å². The molecule has 138 valence electrons. The van der Waals surface area contributed by atoms with Crippen LogP contribution in [0, 0.1) is 0 Å². The summed E-state index contributed by atoms with van der Waals surface area (Å²) in [5.74, 6) is -1.05. The Morgan fingerprint density at radius 3 is 1.88 bits per heavy atom. The maximum Gasteiger partial charge on any atom is 0.477 e. The molecule has 1 heterocycles. The van der Waals surface area contributed by atoms with Gasteiger partial charge >= 0.3 is 16.1 Å². The normalized spacial score (nSPS) is 25.8. The van der Waals surface area contributed by atoms with E-state index in [9.17, 15) is 9.46 Å². The summed E-state index contributed by atoms with van der Waals surface area (Å²) in [4.78, 5) is 23.7. The Bertz CT molecular complexity index is 631. The van der Waals surface area contributed by atoms with E-state index in [1.165, 1.54) is 16.7 Å². The molecule has 0 saturated carbocycles. The van der Waals surface area contributed by atoms with Gasteiger partial charge in [-0.05, 0) is 36.0 Å². The summed E-state index contributed by atoms with van der Waals surface area (Å²) in [6, 6.07) is 4.07. The molecule has 0 aromatic heterocycles. The van der Waals surface area contributed by atoms with Crippen molar-refractivity contribution in [2.75, 3.05) is 0 Å². The molecule has 1 aliphatic heterocycles. The average Bonchev–Trinajstić information content (AvgIpc) is 2.49. The van der Waals surface area contributed by atoms with Crippen LogP contribution in [0.15, 0.2) is 12.1 Å². The molecule has 0 amide bonds. The second kappa shape index (κ2) is 8.72. The zero-order chi connectivity index (χ0) is 18.5. The summed E-state index contributed by atoms with van der Waals surface area (Å²) >= 11 is 0. The van der Waals surface area contributed by atoms with Crippen LogP contribution < -0.4 is 0 Å². The predicted octanol–water partition coefficient (Wildman–Crippen LogP) is 3.44. The quantitative estimate of drug-likeness (QED) is 0.671. The lowest BCUT2D eigenvalue weighted by Crippen LogP contribution is -2.40. The first kappa shape index (κ1) is 21.5. The number of benzene rings is 1. The van der Waals surface area contributed by atoms with Gasteiger partial charge in [-0.2, -0.15) is 0 Å². The van der Waals surface area contributed by atoms with Crippen LogP contribution >= 0.6 is 16.1 Å². The van der Waals surface area contributed by atoms with Crippen LogP contribution in [0.1, 0.15) is 56.4 Å². The Hall–Kier alpha value is -0.520. The van der Waals surface area contributed by atoms with E-state index in [0.717, 1.165) is 24.8 Å². The van der Waals surface area contributed by atoms with E-state index < -0.39 is 21.9 Å². The lowest BCUT2D eigenvalue weighted by molar-refractivity contribution is -0.227. The van der Waals surface area contributed by atoms with Crippen molar-refractivity contribution < 1.29 is 32.9 Å². The van der Waals surface area contributed by atoms with Crippen molar-refractivity contribution in [3.63, 3.8) is 0 Å². The van der Waals surface area contributed by atoms with Gasteiger partial charge in [0.2, 0.25) is 5.79 Å². The fourth-order valence-corrected chi connectivity index (χ4v) is 4.29. The van der Waals surface area contributed by atoms with Gasteiger partial charge in [-0.1, -0.05) is 39.8 Å². The minimum Gasteiger partial charge on any atom is -0.326 e. The fraction of sp³-hybridized carbons (Fsp3) is 0.600. The standard InChI is InChI=1S/C15H23O4P.H3O3P/c1-5-11-9-10-14(13(7-3)12(11)6-2)15(8-4)18-20(16,17)19-15;1-4(2)3/h9-10H,5-8H2,1-4H3,(H,16,17);4H,(H2,1,2,3). The van der Waals surface area contributed by atoms with Crippen molar-refractivity contribution in [1.82, 2.24) is 0 Å². The molecule has 1 aromatic carbocycles. The average molecular weight is 380 g/mol. The Labute approximate surface area is 143 Å². The molecular formula is C15H26O7P2. The molecule has 0 unspecified atom stereocenters. The summed E-state index contributed by atoms with van der Waals surface area (Å²) in [7, 11) is -6.97. The first-order valence-corrected chi connectivity index (χ1v) is 10.8. The maximum atomic E-state index is 11.4. The first-order valence-electron chi connectivity index (χ1n) is 7.96. The summed E-state index contributed by atoms with van der Waals surface area (Å²) in [6.07, 6.45) is 3.29. The summed E-state index contributed by atoms with van der Waals surface area (Å²) in [5.41, 5.74) is 4.73. The lowest BCUT2D eigenvalue weighted by atomic mass is 9.87. The molecule has 1 aromatic rings. The number of phosphoric ester groups is 1. The van der Waals surface area contributed by atoms with E-state index in [1.807, 2.05) is 13.0 Å². The van der Waals surface area contributed by atoms with Crippen LogP contribution in [0.5, 0.6) is 0 Å². The van der Waals surface area contributed by atoms with Crippen LogP contribution in [-0.2, 0) is 43.2 Å². The molecule has 9 heteroatoms. The lowest BCUT2D eigenvalue weighted by Gasteiger charge is -2.44. The molecule has 0 radical (unpaired) electrons. The molecule has 7 nitrogen and oxygen atoms in total. The van der Waals surface area contributed by atoms with E-state index >= 15 is 0 Å². The van der Waals surface area contributed by atoms with Crippen LogP contribution in [0.2, 0.25) is 0 Å². The van der Waals surface area contributed by atoms with E-state index in [0.29, 0.717) is 6.42 Å². The van der Waals surface area contributed by atoms with Crippen molar-refractivity contribution in [2.45, 2.75) is 59.2 Å². The number of rotatable bonds is 5. The zero-order valence-electron chi connectivity index (χ0n) is 14.4. The highest BCUT2D eigenvalue weighted by atomic mass is 31.2. The second-order valence-corrected chi connectivity index (χ2v) is 7.20. The Morgan fingerprint density at radius 2 is 1.54 bits per heavy atom. The second-order valence-electron chi connectivity index (χ2n) is 5.33. The van der Waals surface area contributed by atoms with E-state index in [-0.39, 0.29) is 0 Å². The van der Waals surface area contributed by atoms with Gasteiger partial charge in [-0.3, -0.25) is 4.57 Å². The van der Waals surface area contributed by atoms with Crippen molar-refractivity contribution in [1.29, 1.82) is 0 Å². The van der Waals surface area contributed by atoms with Gasteiger partial charge in [0.1, 0.15) is 0 Å². The van der Waals surface area contributed by atoms with Gasteiger partial charge < -0.3 is 14.7 Å². The molecule has 1 fully saturated rings. The monoisotopic (exact) mass is 380 g/mol. The third-order valence-electron chi connectivity index (χ3n) is 4.02. The summed E-state index contributed by atoms with van der Waals surface area (Å²) in [5, 5.41) is 0. The zero-order valence-corrected chi connectivity index (χ0v) is 16.3. The molecule has 0 bridgehead atoms. The number of phosphoric acid groups is 1. The number of aryl methyl sites for hydroxylation is 1. The van der Waals surface area contributed by atoms with E-state index in [2.05, 4.69) is 26.8 Å². The van der Waals surface area contributed by atoms with Crippen LogP contribution in [0.25, 0.3) is 0 Å². The van der Waals surface area contributed by atoms with Gasteiger partial charge in [0, 0.05) is 12.0 Å². The van der Waals surface area contributed by atoms with Crippen LogP contribution in [-0.4, -0.2) is 14.7 Å². The van der Waals surface area contributed by atoms with Gasteiger partial charge in [0.05, 0.1) is 0 Å². The number of hydrogen-bond acceptors (Lipinski definition) is 4. The highest BCUT2D eigenvalue weighted by molar-refractivity contribution is 7.48. The molecule has 2 rings (SSSR count). The minimum absolute atomic E-state index is 0.513.